The van der Waals surface area contributed by atoms with Crippen molar-refractivity contribution in [1.82, 2.24) is 5.32 Å². The molecule has 7 nitrogen and oxygen atoms in total. The number of nitrogens with zero attached hydrogens (tertiary/aromatic N) is 1. The van der Waals surface area contributed by atoms with Crippen LogP contribution in [0.4, 0.5) is 16.2 Å². The van der Waals surface area contributed by atoms with E-state index in [0.29, 0.717) is 23.2 Å². The molecule has 0 radical (unpaired) electrons. The van der Waals surface area contributed by atoms with Crippen molar-refractivity contribution in [2.45, 2.75) is 33.2 Å². The number of aliphatic hydroxyl groups excluding tert-OH is 1. The fourth-order valence-electron chi connectivity index (χ4n) is 1.75. The molecule has 3 N–H and O–H groups in total. The van der Waals surface area contributed by atoms with Gasteiger partial charge in [-0.3, -0.25) is 10.1 Å². The van der Waals surface area contributed by atoms with Crippen LogP contribution in [0, 0.1) is 24.0 Å². The average molecular weight is 281 g/mol. The summed E-state index contributed by atoms with van der Waals surface area (Å²) in [6.07, 6.45) is 0.613. The molecule has 0 aliphatic heterocycles. The number of benzene rings is 1. The highest BCUT2D eigenvalue weighted by Crippen LogP contribution is 2.25. The van der Waals surface area contributed by atoms with E-state index in [0.717, 1.165) is 0 Å². The Kier molecular flexibility index (Phi) is 5.45. The van der Waals surface area contributed by atoms with Crippen LogP contribution in [0.15, 0.2) is 12.1 Å². The van der Waals surface area contributed by atoms with Gasteiger partial charge in [-0.25, -0.2) is 4.79 Å². The molecule has 0 aliphatic carbocycles. The summed E-state index contributed by atoms with van der Waals surface area (Å²) in [5, 5.41) is 25.1. The van der Waals surface area contributed by atoms with Gasteiger partial charge < -0.3 is 15.7 Å². The van der Waals surface area contributed by atoms with Crippen molar-refractivity contribution < 1.29 is 14.8 Å². The Morgan fingerprint density at radius 1 is 1.40 bits per heavy atom. The average Bonchev–Trinajstić information content (AvgIpc) is 2.39. The summed E-state index contributed by atoms with van der Waals surface area (Å²) < 4.78 is 0. The number of rotatable bonds is 5. The van der Waals surface area contributed by atoms with Crippen LogP contribution in [-0.4, -0.2) is 28.7 Å². The van der Waals surface area contributed by atoms with Gasteiger partial charge in [-0.15, -0.1) is 0 Å². The number of hydrogen-bond donors (Lipinski definition) is 3. The number of nitrogens with one attached hydrogen (secondary N) is 2. The van der Waals surface area contributed by atoms with E-state index in [1.54, 1.807) is 19.9 Å². The van der Waals surface area contributed by atoms with Gasteiger partial charge in [-0.1, -0.05) is 6.92 Å². The molecule has 1 aromatic rings. The van der Waals surface area contributed by atoms with Crippen LogP contribution in [-0.2, 0) is 0 Å². The predicted octanol–water partition coefficient (Wildman–Crippen LogP) is 2.10. The van der Waals surface area contributed by atoms with E-state index >= 15 is 0 Å². The summed E-state index contributed by atoms with van der Waals surface area (Å²) >= 11 is 0. The van der Waals surface area contributed by atoms with Crippen molar-refractivity contribution in [1.29, 1.82) is 0 Å². The Balaban J connectivity index is 2.85. The zero-order valence-electron chi connectivity index (χ0n) is 11.8. The maximum absolute atomic E-state index is 11.8. The SMILES string of the molecule is CC[C@H](CO)NC(=O)Nc1cc(C)c([N+](=O)[O-])cc1C. The van der Waals surface area contributed by atoms with Crippen molar-refractivity contribution in [2.75, 3.05) is 11.9 Å². The molecule has 1 aromatic carbocycles. The van der Waals surface area contributed by atoms with Crippen LogP contribution >= 0.6 is 0 Å². The van der Waals surface area contributed by atoms with Crippen LogP contribution in [0.2, 0.25) is 0 Å². The second kappa shape index (κ2) is 6.85. The van der Waals surface area contributed by atoms with Gasteiger partial charge in [0, 0.05) is 17.3 Å². The van der Waals surface area contributed by atoms with E-state index in [9.17, 15) is 14.9 Å². The summed E-state index contributed by atoms with van der Waals surface area (Å²) in [6.45, 7) is 5.01. The minimum Gasteiger partial charge on any atom is -0.394 e. The summed E-state index contributed by atoms with van der Waals surface area (Å²) in [7, 11) is 0. The van der Waals surface area contributed by atoms with Gasteiger partial charge in [0.15, 0.2) is 0 Å². The van der Waals surface area contributed by atoms with Crippen molar-refractivity contribution in [3.8, 4) is 0 Å². The van der Waals surface area contributed by atoms with Crippen LogP contribution in [0.1, 0.15) is 24.5 Å². The minimum atomic E-state index is -0.453. The van der Waals surface area contributed by atoms with Gasteiger partial charge in [0.05, 0.1) is 17.6 Å². The lowest BCUT2D eigenvalue weighted by Crippen LogP contribution is -2.39. The number of hydrogen-bond acceptors (Lipinski definition) is 4. The van der Waals surface area contributed by atoms with E-state index in [-0.39, 0.29) is 18.3 Å². The van der Waals surface area contributed by atoms with Crippen molar-refractivity contribution in [3.63, 3.8) is 0 Å². The first kappa shape index (κ1) is 15.9. The molecule has 7 heteroatoms. The molecule has 0 heterocycles. The largest absolute Gasteiger partial charge is 0.394 e. The highest BCUT2D eigenvalue weighted by molar-refractivity contribution is 5.90. The van der Waals surface area contributed by atoms with Gasteiger partial charge in [-0.2, -0.15) is 0 Å². The molecule has 0 spiro atoms. The molecule has 2 amide bonds. The molecular formula is C13H19N3O4. The lowest BCUT2D eigenvalue weighted by molar-refractivity contribution is -0.385. The number of nitro benzene ring substituents is 1. The third-order valence-electron chi connectivity index (χ3n) is 3.04. The predicted molar refractivity (Wildman–Crippen MR) is 75.9 cm³/mol. The molecule has 0 aromatic heterocycles. The summed E-state index contributed by atoms with van der Waals surface area (Å²) in [5.74, 6) is 0. The van der Waals surface area contributed by atoms with Gasteiger partial charge in [0.1, 0.15) is 0 Å². The lowest BCUT2D eigenvalue weighted by atomic mass is 10.1. The highest BCUT2D eigenvalue weighted by atomic mass is 16.6. The number of aliphatic hydroxyl groups is 1. The number of amides is 2. The molecule has 0 unspecified atom stereocenters. The van der Waals surface area contributed by atoms with Crippen molar-refractivity contribution in [2.24, 2.45) is 0 Å². The maximum Gasteiger partial charge on any atom is 0.319 e. The van der Waals surface area contributed by atoms with Crippen LogP contribution in [0.3, 0.4) is 0 Å². The van der Waals surface area contributed by atoms with Gasteiger partial charge >= 0.3 is 6.03 Å². The fourth-order valence-corrected chi connectivity index (χ4v) is 1.75. The third kappa shape index (κ3) is 3.92. The quantitative estimate of drug-likeness (QED) is 0.567. The number of anilines is 1. The maximum atomic E-state index is 11.8. The number of carbonyl (C=O) groups excluding carboxylic acids is 1. The van der Waals surface area contributed by atoms with E-state index in [1.165, 1.54) is 6.07 Å². The van der Waals surface area contributed by atoms with E-state index in [1.807, 2.05) is 6.92 Å². The van der Waals surface area contributed by atoms with E-state index in [2.05, 4.69) is 10.6 Å². The molecular weight excluding hydrogens is 262 g/mol. The molecule has 0 aliphatic rings. The Morgan fingerprint density at radius 3 is 2.55 bits per heavy atom. The third-order valence-corrected chi connectivity index (χ3v) is 3.04. The second-order valence-electron chi connectivity index (χ2n) is 4.60. The number of carbonyl (C=O) groups is 1. The first-order valence-corrected chi connectivity index (χ1v) is 6.33. The normalized spacial score (nSPS) is 11.8. The summed E-state index contributed by atoms with van der Waals surface area (Å²) in [4.78, 5) is 22.1. The number of urea groups is 1. The van der Waals surface area contributed by atoms with Gasteiger partial charge in [0.25, 0.3) is 5.69 Å². The molecule has 0 bridgehead atoms. The lowest BCUT2D eigenvalue weighted by Gasteiger charge is -2.16. The molecule has 110 valence electrons. The number of nitro groups is 1. The van der Waals surface area contributed by atoms with E-state index in [4.69, 9.17) is 5.11 Å². The zero-order chi connectivity index (χ0) is 15.3. The second-order valence-corrected chi connectivity index (χ2v) is 4.60. The first-order chi connectivity index (χ1) is 9.38. The molecule has 1 atom stereocenters. The topological polar surface area (TPSA) is 104 Å². The molecule has 0 saturated carbocycles. The molecule has 20 heavy (non-hydrogen) atoms. The Labute approximate surface area is 117 Å². The first-order valence-electron chi connectivity index (χ1n) is 6.33. The van der Waals surface area contributed by atoms with Crippen LogP contribution < -0.4 is 10.6 Å². The van der Waals surface area contributed by atoms with Crippen molar-refractivity contribution >= 4 is 17.4 Å². The smallest absolute Gasteiger partial charge is 0.319 e. The molecule has 1 rings (SSSR count). The molecule has 0 saturated heterocycles. The van der Waals surface area contributed by atoms with Crippen LogP contribution in [0.25, 0.3) is 0 Å². The fraction of sp³-hybridized carbons (Fsp3) is 0.462. The van der Waals surface area contributed by atoms with Gasteiger partial charge in [0.2, 0.25) is 0 Å². The van der Waals surface area contributed by atoms with Gasteiger partial charge in [-0.05, 0) is 31.9 Å². The van der Waals surface area contributed by atoms with E-state index < -0.39 is 11.0 Å². The number of aryl methyl sites for hydroxylation is 2. The van der Waals surface area contributed by atoms with Crippen molar-refractivity contribution in [3.05, 3.63) is 33.4 Å². The standard InChI is InChI=1S/C13H19N3O4/c1-4-10(7-17)14-13(18)15-11-5-9(3)12(16(19)20)6-8(11)2/h5-6,10,17H,4,7H2,1-3H3,(H2,14,15,18)/t10-/m1/s1. The Hall–Kier alpha value is -2.15. The Bertz CT molecular complexity index is 513. The summed E-state index contributed by atoms with van der Waals surface area (Å²) in [5.41, 5.74) is 1.62. The summed E-state index contributed by atoms with van der Waals surface area (Å²) in [6, 6.07) is 2.23. The Morgan fingerprint density at radius 2 is 2.05 bits per heavy atom. The zero-order valence-corrected chi connectivity index (χ0v) is 11.8. The highest BCUT2D eigenvalue weighted by Gasteiger charge is 2.15. The van der Waals surface area contributed by atoms with Crippen LogP contribution in [0.5, 0.6) is 0 Å². The monoisotopic (exact) mass is 281 g/mol. The molecule has 0 fully saturated rings. The minimum absolute atomic E-state index is 0.0234.